The van der Waals surface area contributed by atoms with Gasteiger partial charge in [-0.15, -0.1) is 0 Å². The van der Waals surface area contributed by atoms with Gasteiger partial charge in [0.05, 0.1) is 10.9 Å². The molecule has 0 unspecified atom stereocenters. The highest BCUT2D eigenvalue weighted by atomic mass is 79.9. The van der Waals surface area contributed by atoms with Crippen molar-refractivity contribution in [3.8, 4) is 17.3 Å². The molecule has 1 heterocycles. The average molecular weight is 391 g/mol. The summed E-state index contributed by atoms with van der Waals surface area (Å²) >= 11 is 3.49. The molecule has 4 aromatic rings. The van der Waals surface area contributed by atoms with Crippen molar-refractivity contribution in [2.75, 3.05) is 0 Å². The minimum absolute atomic E-state index is 0.453. The van der Waals surface area contributed by atoms with Crippen LogP contribution in [-0.4, -0.2) is 9.97 Å². The largest absolute Gasteiger partial charge is 0.472 e. The second-order valence-corrected chi connectivity index (χ2v) is 6.57. The third-order valence-electron chi connectivity index (χ3n) is 3.86. The van der Waals surface area contributed by atoms with Crippen molar-refractivity contribution in [3.05, 3.63) is 88.9 Å². The van der Waals surface area contributed by atoms with Crippen molar-refractivity contribution < 1.29 is 4.74 Å². The Balaban J connectivity index is 1.73. The number of benzene rings is 3. The third-order valence-corrected chi connectivity index (χ3v) is 4.36. The topological polar surface area (TPSA) is 35.0 Å². The molecule has 122 valence electrons. The van der Waals surface area contributed by atoms with Gasteiger partial charge in [-0.05, 0) is 29.8 Å². The van der Waals surface area contributed by atoms with Crippen molar-refractivity contribution in [1.29, 1.82) is 0 Å². The van der Waals surface area contributed by atoms with E-state index in [1.165, 1.54) is 0 Å². The van der Waals surface area contributed by atoms with Crippen molar-refractivity contribution in [2.45, 2.75) is 6.61 Å². The van der Waals surface area contributed by atoms with Gasteiger partial charge in [0.1, 0.15) is 6.61 Å². The van der Waals surface area contributed by atoms with Crippen LogP contribution in [0, 0.1) is 0 Å². The summed E-state index contributed by atoms with van der Waals surface area (Å²) in [5.41, 5.74) is 2.93. The number of rotatable bonds is 4. The molecule has 0 aliphatic carbocycles. The van der Waals surface area contributed by atoms with Crippen LogP contribution in [0.2, 0.25) is 0 Å². The van der Waals surface area contributed by atoms with Crippen LogP contribution in [0.4, 0.5) is 0 Å². The molecule has 0 spiro atoms. The highest BCUT2D eigenvalue weighted by molar-refractivity contribution is 9.10. The Morgan fingerprint density at radius 3 is 2.44 bits per heavy atom. The van der Waals surface area contributed by atoms with Gasteiger partial charge in [0.25, 0.3) is 0 Å². The van der Waals surface area contributed by atoms with Gasteiger partial charge in [-0.1, -0.05) is 70.5 Å². The van der Waals surface area contributed by atoms with E-state index in [0.29, 0.717) is 18.3 Å². The molecule has 1 aromatic heterocycles. The number of halogens is 1. The Morgan fingerprint density at radius 1 is 0.800 bits per heavy atom. The molecule has 0 aliphatic heterocycles. The number of para-hydroxylation sites is 1. The van der Waals surface area contributed by atoms with Gasteiger partial charge < -0.3 is 4.74 Å². The van der Waals surface area contributed by atoms with Gasteiger partial charge in [0.2, 0.25) is 5.88 Å². The Labute approximate surface area is 154 Å². The molecule has 4 heteroatoms. The Hall–Kier alpha value is -2.72. The summed E-state index contributed by atoms with van der Waals surface area (Å²) < 4.78 is 7.08. The Bertz CT molecular complexity index is 1020. The molecule has 0 amide bonds. The number of fused-ring (bicyclic) bond motifs is 1. The molecular weight excluding hydrogens is 376 g/mol. The van der Waals surface area contributed by atoms with Crippen LogP contribution in [0.1, 0.15) is 5.56 Å². The van der Waals surface area contributed by atoms with Crippen LogP contribution in [0.15, 0.2) is 83.3 Å². The van der Waals surface area contributed by atoms with Crippen molar-refractivity contribution in [2.24, 2.45) is 0 Å². The molecule has 0 atom stereocenters. The van der Waals surface area contributed by atoms with E-state index >= 15 is 0 Å². The van der Waals surface area contributed by atoms with E-state index in [1.54, 1.807) is 0 Å². The van der Waals surface area contributed by atoms with Crippen LogP contribution >= 0.6 is 15.9 Å². The maximum absolute atomic E-state index is 6.05. The summed E-state index contributed by atoms with van der Waals surface area (Å²) in [7, 11) is 0. The van der Waals surface area contributed by atoms with Crippen molar-refractivity contribution in [1.82, 2.24) is 9.97 Å². The second-order valence-electron chi connectivity index (χ2n) is 5.65. The molecule has 3 aromatic carbocycles. The van der Waals surface area contributed by atoms with Gasteiger partial charge in [-0.25, -0.2) is 4.98 Å². The van der Waals surface area contributed by atoms with Gasteiger partial charge >= 0.3 is 0 Å². The fourth-order valence-corrected chi connectivity index (χ4v) is 3.10. The van der Waals surface area contributed by atoms with E-state index in [0.717, 1.165) is 26.5 Å². The molecule has 0 radical (unpaired) electrons. The first-order valence-electron chi connectivity index (χ1n) is 7.99. The van der Waals surface area contributed by atoms with Gasteiger partial charge in [-0.2, -0.15) is 4.98 Å². The Kier molecular flexibility index (Phi) is 4.44. The van der Waals surface area contributed by atoms with Gasteiger partial charge in [0.15, 0.2) is 5.82 Å². The molecule has 0 fully saturated rings. The lowest BCUT2D eigenvalue weighted by atomic mass is 10.2. The van der Waals surface area contributed by atoms with Crippen molar-refractivity contribution >= 4 is 26.8 Å². The minimum Gasteiger partial charge on any atom is -0.472 e. The SMILES string of the molecule is Brc1cccc(COc2nc(-c3ccccc3)nc3ccccc23)c1. The molecule has 0 bridgehead atoms. The fraction of sp³-hybridized carbons (Fsp3) is 0.0476. The molecule has 3 nitrogen and oxygen atoms in total. The summed E-state index contributed by atoms with van der Waals surface area (Å²) in [6.07, 6.45) is 0. The molecular formula is C21H15BrN2O. The summed E-state index contributed by atoms with van der Waals surface area (Å²) in [6, 6.07) is 25.9. The number of hydrogen-bond acceptors (Lipinski definition) is 3. The summed E-state index contributed by atoms with van der Waals surface area (Å²) in [5, 5.41) is 0.914. The predicted molar refractivity (Wildman–Crippen MR) is 103 cm³/mol. The van der Waals surface area contributed by atoms with E-state index in [2.05, 4.69) is 25.9 Å². The molecule has 0 aliphatic rings. The van der Waals surface area contributed by atoms with Crippen LogP contribution in [-0.2, 0) is 6.61 Å². The zero-order chi connectivity index (χ0) is 17.1. The lowest BCUT2D eigenvalue weighted by Crippen LogP contribution is -2.01. The quantitative estimate of drug-likeness (QED) is 0.452. The first-order valence-corrected chi connectivity index (χ1v) is 8.78. The smallest absolute Gasteiger partial charge is 0.225 e. The molecule has 0 saturated heterocycles. The van der Waals surface area contributed by atoms with Gasteiger partial charge in [-0.3, -0.25) is 0 Å². The predicted octanol–water partition coefficient (Wildman–Crippen LogP) is 5.64. The number of hydrogen-bond donors (Lipinski definition) is 0. The first kappa shape index (κ1) is 15.8. The zero-order valence-corrected chi connectivity index (χ0v) is 15.0. The van der Waals surface area contributed by atoms with Crippen LogP contribution < -0.4 is 4.74 Å². The van der Waals surface area contributed by atoms with Crippen LogP contribution in [0.25, 0.3) is 22.3 Å². The van der Waals surface area contributed by atoms with Crippen LogP contribution in [0.5, 0.6) is 5.88 Å². The third kappa shape index (κ3) is 3.54. The second kappa shape index (κ2) is 7.03. The number of ether oxygens (including phenoxy) is 1. The molecule has 25 heavy (non-hydrogen) atoms. The molecule has 4 rings (SSSR count). The van der Waals surface area contributed by atoms with Gasteiger partial charge in [0, 0.05) is 10.0 Å². The summed E-state index contributed by atoms with van der Waals surface area (Å²) in [5.74, 6) is 1.27. The van der Waals surface area contributed by atoms with Crippen LogP contribution in [0.3, 0.4) is 0 Å². The Morgan fingerprint density at radius 2 is 1.60 bits per heavy atom. The molecule has 0 saturated carbocycles. The fourth-order valence-electron chi connectivity index (χ4n) is 2.65. The highest BCUT2D eigenvalue weighted by Crippen LogP contribution is 2.27. The first-order chi connectivity index (χ1) is 12.3. The van der Waals surface area contributed by atoms with E-state index in [1.807, 2.05) is 78.9 Å². The molecule has 0 N–H and O–H groups in total. The minimum atomic E-state index is 0.453. The normalized spacial score (nSPS) is 10.8. The number of nitrogens with zero attached hydrogens (tertiary/aromatic N) is 2. The maximum Gasteiger partial charge on any atom is 0.225 e. The van der Waals surface area contributed by atoms with Crippen molar-refractivity contribution in [3.63, 3.8) is 0 Å². The summed E-state index contributed by atoms with van der Waals surface area (Å²) in [4.78, 5) is 9.34. The lowest BCUT2D eigenvalue weighted by molar-refractivity contribution is 0.298. The highest BCUT2D eigenvalue weighted by Gasteiger charge is 2.10. The number of aromatic nitrogens is 2. The average Bonchev–Trinajstić information content (AvgIpc) is 2.66. The standard InChI is InChI=1S/C21H15BrN2O/c22-17-10-6-7-15(13-17)14-25-21-18-11-4-5-12-19(18)23-20(24-21)16-8-2-1-3-9-16/h1-13H,14H2. The maximum atomic E-state index is 6.05. The van der Waals surface area contributed by atoms with E-state index in [9.17, 15) is 0 Å². The monoisotopic (exact) mass is 390 g/mol. The summed E-state index contributed by atoms with van der Waals surface area (Å²) in [6.45, 7) is 0.453. The van der Waals surface area contributed by atoms with E-state index in [-0.39, 0.29) is 0 Å². The van der Waals surface area contributed by atoms with E-state index in [4.69, 9.17) is 4.74 Å². The lowest BCUT2D eigenvalue weighted by Gasteiger charge is -2.10. The van der Waals surface area contributed by atoms with E-state index < -0.39 is 0 Å². The zero-order valence-electron chi connectivity index (χ0n) is 13.4.